The maximum absolute atomic E-state index is 12.6. The monoisotopic (exact) mass is 288 g/mol. The fraction of sp³-hybridized carbons (Fsp3) is 0.556. The van der Waals surface area contributed by atoms with Crippen LogP contribution in [0.25, 0.3) is 0 Å². The third kappa shape index (κ3) is 3.52. The molecule has 3 nitrogen and oxygen atoms in total. The number of benzene rings is 1. The Bertz CT molecular complexity index is 504. The number of Topliss-reactive ketones (excluding diaryl/α,β-unsaturated/α-hetero) is 1. The molecule has 1 aromatic carbocycles. The van der Waals surface area contributed by atoms with Crippen molar-refractivity contribution in [3.05, 3.63) is 35.4 Å². The number of ketones is 1. The van der Waals surface area contributed by atoms with Crippen LogP contribution in [0, 0.1) is 17.8 Å². The van der Waals surface area contributed by atoms with Crippen molar-refractivity contribution in [1.82, 2.24) is 0 Å². The molecule has 0 aromatic heterocycles. The minimum atomic E-state index is -0.827. The van der Waals surface area contributed by atoms with Gasteiger partial charge in [-0.15, -0.1) is 0 Å². The standard InChI is InChI=1S/C18H24O3/c1-3-5-13-6-8-14(9-7-13)17(19)15-10-12(4-2)11-16(15)18(20)21/h6-9,12,15-16H,3-5,10-11H2,1-2H3,(H,20,21). The Kier molecular flexibility index (Phi) is 5.16. The maximum atomic E-state index is 12.6. The summed E-state index contributed by atoms with van der Waals surface area (Å²) in [4.78, 5) is 24.0. The van der Waals surface area contributed by atoms with E-state index >= 15 is 0 Å². The molecule has 1 saturated carbocycles. The van der Waals surface area contributed by atoms with Gasteiger partial charge in [0, 0.05) is 11.5 Å². The molecular weight excluding hydrogens is 264 g/mol. The van der Waals surface area contributed by atoms with E-state index in [9.17, 15) is 14.7 Å². The summed E-state index contributed by atoms with van der Waals surface area (Å²) >= 11 is 0. The van der Waals surface area contributed by atoms with Crippen molar-refractivity contribution in [3.63, 3.8) is 0 Å². The van der Waals surface area contributed by atoms with E-state index in [1.165, 1.54) is 5.56 Å². The molecular formula is C18H24O3. The van der Waals surface area contributed by atoms with Crippen LogP contribution in [0.3, 0.4) is 0 Å². The second-order valence-corrected chi connectivity index (χ2v) is 6.11. The van der Waals surface area contributed by atoms with Crippen LogP contribution in [0.4, 0.5) is 0 Å². The summed E-state index contributed by atoms with van der Waals surface area (Å²) in [6, 6.07) is 7.68. The second kappa shape index (κ2) is 6.88. The minimum absolute atomic E-state index is 0.00129. The highest BCUT2D eigenvalue weighted by Gasteiger charge is 2.42. The van der Waals surface area contributed by atoms with Crippen LogP contribution in [-0.2, 0) is 11.2 Å². The van der Waals surface area contributed by atoms with Gasteiger partial charge in [-0.25, -0.2) is 0 Å². The first-order valence-electron chi connectivity index (χ1n) is 7.92. The lowest BCUT2D eigenvalue weighted by Crippen LogP contribution is -2.25. The van der Waals surface area contributed by atoms with E-state index in [2.05, 4.69) is 13.8 Å². The fourth-order valence-corrected chi connectivity index (χ4v) is 3.38. The molecule has 1 N–H and O–H groups in total. The summed E-state index contributed by atoms with van der Waals surface area (Å²) < 4.78 is 0. The van der Waals surface area contributed by atoms with Crippen LogP contribution in [0.15, 0.2) is 24.3 Å². The van der Waals surface area contributed by atoms with Gasteiger partial charge in [-0.05, 0) is 30.7 Å². The third-order valence-corrected chi connectivity index (χ3v) is 4.67. The Balaban J connectivity index is 2.15. The Morgan fingerprint density at radius 1 is 1.10 bits per heavy atom. The van der Waals surface area contributed by atoms with Gasteiger partial charge in [0.1, 0.15) is 0 Å². The van der Waals surface area contributed by atoms with E-state index in [1.54, 1.807) is 0 Å². The summed E-state index contributed by atoms with van der Waals surface area (Å²) in [5.74, 6) is -1.34. The van der Waals surface area contributed by atoms with Crippen LogP contribution >= 0.6 is 0 Å². The molecule has 1 fully saturated rings. The molecule has 2 rings (SSSR count). The molecule has 114 valence electrons. The largest absolute Gasteiger partial charge is 0.481 e. The molecule has 0 bridgehead atoms. The number of carboxylic acid groups (broad SMARTS) is 1. The van der Waals surface area contributed by atoms with Crippen LogP contribution in [0.5, 0.6) is 0 Å². The summed E-state index contributed by atoms with van der Waals surface area (Å²) in [5.41, 5.74) is 1.88. The van der Waals surface area contributed by atoms with E-state index < -0.39 is 11.9 Å². The molecule has 0 saturated heterocycles. The van der Waals surface area contributed by atoms with Crippen LogP contribution < -0.4 is 0 Å². The molecule has 1 aliphatic carbocycles. The average molecular weight is 288 g/mol. The van der Waals surface area contributed by atoms with Gasteiger partial charge in [-0.3, -0.25) is 9.59 Å². The van der Waals surface area contributed by atoms with Gasteiger partial charge in [0.2, 0.25) is 0 Å². The molecule has 3 heteroatoms. The van der Waals surface area contributed by atoms with Crippen LogP contribution in [0.2, 0.25) is 0 Å². The number of aliphatic carboxylic acids is 1. The van der Waals surface area contributed by atoms with Crippen LogP contribution in [0.1, 0.15) is 55.5 Å². The van der Waals surface area contributed by atoms with Crippen molar-refractivity contribution in [1.29, 1.82) is 0 Å². The van der Waals surface area contributed by atoms with Gasteiger partial charge in [-0.1, -0.05) is 51.0 Å². The van der Waals surface area contributed by atoms with Crippen molar-refractivity contribution in [2.24, 2.45) is 17.8 Å². The van der Waals surface area contributed by atoms with Gasteiger partial charge in [0.15, 0.2) is 5.78 Å². The number of carbonyl (C=O) groups excluding carboxylic acids is 1. The number of aryl methyl sites for hydroxylation is 1. The Morgan fingerprint density at radius 2 is 1.71 bits per heavy atom. The van der Waals surface area contributed by atoms with Crippen molar-refractivity contribution in [3.8, 4) is 0 Å². The first-order chi connectivity index (χ1) is 10.1. The van der Waals surface area contributed by atoms with Crippen molar-refractivity contribution < 1.29 is 14.7 Å². The highest BCUT2D eigenvalue weighted by Crippen LogP contribution is 2.40. The molecule has 0 aliphatic heterocycles. The van der Waals surface area contributed by atoms with Gasteiger partial charge < -0.3 is 5.11 Å². The number of hydrogen-bond acceptors (Lipinski definition) is 2. The van der Waals surface area contributed by atoms with E-state index in [4.69, 9.17) is 0 Å². The lowest BCUT2D eigenvalue weighted by molar-refractivity contribution is -0.142. The highest BCUT2D eigenvalue weighted by atomic mass is 16.4. The van der Waals surface area contributed by atoms with E-state index in [0.717, 1.165) is 19.3 Å². The molecule has 1 aliphatic rings. The molecule has 21 heavy (non-hydrogen) atoms. The molecule has 0 amide bonds. The molecule has 3 unspecified atom stereocenters. The number of rotatable bonds is 6. The van der Waals surface area contributed by atoms with Crippen molar-refractivity contribution >= 4 is 11.8 Å². The summed E-state index contributed by atoms with van der Waals surface area (Å²) in [5, 5.41) is 9.35. The first-order valence-corrected chi connectivity index (χ1v) is 7.92. The Hall–Kier alpha value is -1.64. The molecule has 0 spiro atoms. The lowest BCUT2D eigenvalue weighted by Gasteiger charge is -2.14. The van der Waals surface area contributed by atoms with E-state index in [0.29, 0.717) is 24.3 Å². The van der Waals surface area contributed by atoms with Gasteiger partial charge in [0.25, 0.3) is 0 Å². The molecule has 0 radical (unpaired) electrons. The zero-order valence-corrected chi connectivity index (χ0v) is 12.8. The predicted molar refractivity (Wildman–Crippen MR) is 82.4 cm³/mol. The lowest BCUT2D eigenvalue weighted by atomic mass is 9.88. The fourth-order valence-electron chi connectivity index (χ4n) is 3.38. The highest BCUT2D eigenvalue weighted by molar-refractivity contribution is 6.00. The summed E-state index contributed by atoms with van der Waals surface area (Å²) in [6.45, 7) is 4.19. The van der Waals surface area contributed by atoms with Crippen molar-refractivity contribution in [2.45, 2.75) is 46.0 Å². The first kappa shape index (κ1) is 15.7. The number of hydrogen-bond donors (Lipinski definition) is 1. The summed E-state index contributed by atoms with van der Waals surface area (Å²) in [7, 11) is 0. The van der Waals surface area contributed by atoms with E-state index in [1.807, 2.05) is 24.3 Å². The van der Waals surface area contributed by atoms with Crippen LogP contribution in [-0.4, -0.2) is 16.9 Å². The zero-order valence-electron chi connectivity index (χ0n) is 12.8. The number of carboxylic acids is 1. The van der Waals surface area contributed by atoms with E-state index in [-0.39, 0.29) is 11.7 Å². The van der Waals surface area contributed by atoms with Gasteiger partial charge >= 0.3 is 5.97 Å². The molecule has 0 heterocycles. The third-order valence-electron chi connectivity index (χ3n) is 4.67. The van der Waals surface area contributed by atoms with Gasteiger partial charge in [-0.2, -0.15) is 0 Å². The van der Waals surface area contributed by atoms with Gasteiger partial charge in [0.05, 0.1) is 5.92 Å². The average Bonchev–Trinajstić information content (AvgIpc) is 2.92. The zero-order chi connectivity index (χ0) is 15.4. The normalized spacial score (nSPS) is 25.0. The molecule has 1 aromatic rings. The smallest absolute Gasteiger partial charge is 0.307 e. The quantitative estimate of drug-likeness (QED) is 0.806. The Morgan fingerprint density at radius 3 is 2.24 bits per heavy atom. The second-order valence-electron chi connectivity index (χ2n) is 6.11. The van der Waals surface area contributed by atoms with Crippen molar-refractivity contribution in [2.75, 3.05) is 0 Å². The minimum Gasteiger partial charge on any atom is -0.481 e. The predicted octanol–water partition coefficient (Wildman–Crippen LogP) is 3.96. The number of carbonyl (C=O) groups is 2. The Labute approximate surface area is 126 Å². The molecule has 3 atom stereocenters. The topological polar surface area (TPSA) is 54.4 Å². The maximum Gasteiger partial charge on any atom is 0.307 e. The summed E-state index contributed by atoms with van der Waals surface area (Å²) in [6.07, 6.45) is 4.38. The SMILES string of the molecule is CCCc1ccc(C(=O)C2CC(CC)CC2C(=O)O)cc1.